The summed E-state index contributed by atoms with van der Waals surface area (Å²) < 4.78 is 57.7. The van der Waals surface area contributed by atoms with Crippen molar-refractivity contribution < 1.29 is 22.4 Å². The molecule has 5 aromatic rings. The van der Waals surface area contributed by atoms with Gasteiger partial charge in [-0.05, 0) is 29.8 Å². The molecule has 0 aliphatic heterocycles. The first-order chi connectivity index (χ1) is 17.2. The van der Waals surface area contributed by atoms with E-state index in [1.807, 2.05) is 0 Å². The van der Waals surface area contributed by atoms with Gasteiger partial charge in [0.25, 0.3) is 12.3 Å². The second kappa shape index (κ2) is 9.44. The van der Waals surface area contributed by atoms with Crippen LogP contribution in [0.5, 0.6) is 0 Å². The minimum Gasteiger partial charge on any atom is -0.360 e. The van der Waals surface area contributed by atoms with Crippen LogP contribution in [-0.4, -0.2) is 25.7 Å². The number of rotatable bonds is 6. The first kappa shape index (κ1) is 24.1. The molecule has 0 radical (unpaired) electrons. The molecule has 0 fully saturated rings. The summed E-state index contributed by atoms with van der Waals surface area (Å²) in [4.78, 5) is 19.5. The molecule has 0 bridgehead atoms. The van der Waals surface area contributed by atoms with E-state index in [9.17, 15) is 22.4 Å². The predicted octanol–water partition coefficient (Wildman–Crippen LogP) is 6.41. The summed E-state index contributed by atoms with van der Waals surface area (Å²) in [5.74, 6) is -2.10. The Morgan fingerprint density at radius 1 is 1.17 bits per heavy atom. The SMILES string of the molecule is O=C(NCc1ccc2[nH]cc(Cl)c2c1F)c1cn(Cc2cc(F)c3ncc(Cl)cc3c2)nc1C(F)F. The van der Waals surface area contributed by atoms with Crippen molar-refractivity contribution in [2.75, 3.05) is 0 Å². The Morgan fingerprint density at radius 2 is 1.97 bits per heavy atom. The summed E-state index contributed by atoms with van der Waals surface area (Å²) in [7, 11) is 0. The van der Waals surface area contributed by atoms with E-state index in [2.05, 4.69) is 20.4 Å². The molecule has 12 heteroatoms. The number of hydrogen-bond donors (Lipinski definition) is 2. The number of aromatic amines is 1. The molecular weight excluding hydrogens is 521 g/mol. The van der Waals surface area contributed by atoms with Crippen molar-refractivity contribution in [2.24, 2.45) is 0 Å². The quantitative estimate of drug-likeness (QED) is 0.246. The molecule has 0 aliphatic carbocycles. The zero-order chi connectivity index (χ0) is 25.6. The Labute approximate surface area is 210 Å². The number of fused-ring (bicyclic) bond motifs is 2. The largest absolute Gasteiger partial charge is 0.360 e. The molecule has 0 unspecified atom stereocenters. The van der Waals surface area contributed by atoms with E-state index in [4.69, 9.17) is 23.2 Å². The highest BCUT2D eigenvalue weighted by molar-refractivity contribution is 6.35. The monoisotopic (exact) mass is 535 g/mol. The Hall–Kier alpha value is -3.63. The van der Waals surface area contributed by atoms with Crippen molar-refractivity contribution in [3.63, 3.8) is 0 Å². The van der Waals surface area contributed by atoms with Crippen LogP contribution in [0.25, 0.3) is 21.8 Å². The smallest absolute Gasteiger partial charge is 0.282 e. The van der Waals surface area contributed by atoms with Crippen LogP contribution in [0.2, 0.25) is 10.0 Å². The standard InChI is InChI=1S/C24H15Cl2F4N5O/c25-14-5-13-3-11(4-17(27)21(13)32-7-14)9-35-10-15(22(34-35)23(29)30)24(36)33-6-12-1-2-18-19(20(12)28)16(26)8-31-18/h1-5,7-8,10,23,31H,6,9H2,(H,33,36). The second-order valence-corrected chi connectivity index (χ2v) is 8.85. The summed E-state index contributed by atoms with van der Waals surface area (Å²) in [5.41, 5.74) is 0.000807. The van der Waals surface area contributed by atoms with Crippen LogP contribution in [-0.2, 0) is 13.1 Å². The van der Waals surface area contributed by atoms with Crippen molar-refractivity contribution in [3.05, 3.63) is 93.0 Å². The van der Waals surface area contributed by atoms with Gasteiger partial charge in [0.1, 0.15) is 22.8 Å². The third kappa shape index (κ3) is 4.49. The molecule has 0 atom stereocenters. The maximum Gasteiger partial charge on any atom is 0.282 e. The highest BCUT2D eigenvalue weighted by Gasteiger charge is 2.24. The predicted molar refractivity (Wildman–Crippen MR) is 127 cm³/mol. The fourth-order valence-electron chi connectivity index (χ4n) is 3.96. The number of hydrogen-bond acceptors (Lipinski definition) is 3. The van der Waals surface area contributed by atoms with Crippen molar-refractivity contribution >= 4 is 50.9 Å². The normalized spacial score (nSPS) is 11.6. The number of nitrogens with zero attached hydrogens (tertiary/aromatic N) is 3. The Morgan fingerprint density at radius 3 is 2.75 bits per heavy atom. The van der Waals surface area contributed by atoms with E-state index in [0.29, 0.717) is 21.5 Å². The lowest BCUT2D eigenvalue weighted by molar-refractivity contribution is 0.0936. The zero-order valence-electron chi connectivity index (χ0n) is 18.1. The summed E-state index contributed by atoms with van der Waals surface area (Å²) in [6, 6.07) is 7.39. The molecule has 3 heterocycles. The molecule has 2 aromatic carbocycles. The molecule has 36 heavy (non-hydrogen) atoms. The third-order valence-electron chi connectivity index (χ3n) is 5.60. The van der Waals surface area contributed by atoms with E-state index in [1.165, 1.54) is 30.6 Å². The minimum absolute atomic E-state index is 0.0936. The molecule has 2 N–H and O–H groups in total. The lowest BCUT2D eigenvalue weighted by atomic mass is 10.1. The number of benzene rings is 2. The number of H-pyrrole nitrogens is 1. The number of aromatic nitrogens is 4. The fraction of sp³-hybridized carbons (Fsp3) is 0.125. The van der Waals surface area contributed by atoms with Crippen LogP contribution in [0.1, 0.15) is 33.6 Å². The maximum atomic E-state index is 14.8. The molecule has 3 aromatic heterocycles. The first-order valence-corrected chi connectivity index (χ1v) is 11.3. The van der Waals surface area contributed by atoms with E-state index >= 15 is 0 Å². The first-order valence-electron chi connectivity index (χ1n) is 10.5. The van der Waals surface area contributed by atoms with Gasteiger partial charge < -0.3 is 10.3 Å². The highest BCUT2D eigenvalue weighted by Crippen LogP contribution is 2.28. The average Bonchev–Trinajstić information content (AvgIpc) is 3.42. The third-order valence-corrected chi connectivity index (χ3v) is 6.11. The Bertz CT molecular complexity index is 1630. The van der Waals surface area contributed by atoms with Crippen molar-refractivity contribution in [2.45, 2.75) is 19.5 Å². The van der Waals surface area contributed by atoms with Crippen molar-refractivity contribution in [3.8, 4) is 0 Å². The van der Waals surface area contributed by atoms with Gasteiger partial charge in [-0.25, -0.2) is 17.6 Å². The van der Waals surface area contributed by atoms with Crippen LogP contribution in [0.15, 0.2) is 48.9 Å². The summed E-state index contributed by atoms with van der Waals surface area (Å²) in [6.45, 7) is -0.358. The van der Waals surface area contributed by atoms with Crippen LogP contribution in [0.3, 0.4) is 0 Å². The number of carbonyl (C=O) groups excluding carboxylic acids is 1. The van der Waals surface area contributed by atoms with E-state index in [-0.39, 0.29) is 40.1 Å². The number of pyridine rings is 1. The molecule has 6 nitrogen and oxygen atoms in total. The van der Waals surface area contributed by atoms with Crippen LogP contribution < -0.4 is 5.32 Å². The topological polar surface area (TPSA) is 75.6 Å². The summed E-state index contributed by atoms with van der Waals surface area (Å²) >= 11 is 11.9. The van der Waals surface area contributed by atoms with Gasteiger partial charge in [0.15, 0.2) is 0 Å². The molecule has 184 valence electrons. The number of carbonyl (C=O) groups is 1. The summed E-state index contributed by atoms with van der Waals surface area (Å²) in [6.07, 6.45) is 0.845. The van der Waals surface area contributed by atoms with Gasteiger partial charge in [0, 0.05) is 41.6 Å². The molecule has 0 saturated heterocycles. The van der Waals surface area contributed by atoms with Gasteiger partial charge in [-0.15, -0.1) is 0 Å². The van der Waals surface area contributed by atoms with E-state index in [1.54, 1.807) is 12.1 Å². The lowest BCUT2D eigenvalue weighted by Crippen LogP contribution is -2.24. The lowest BCUT2D eigenvalue weighted by Gasteiger charge is -2.07. The van der Waals surface area contributed by atoms with Crippen LogP contribution >= 0.6 is 23.2 Å². The zero-order valence-corrected chi connectivity index (χ0v) is 19.6. The molecular formula is C24H15Cl2F4N5O. The van der Waals surface area contributed by atoms with Gasteiger partial charge in [-0.1, -0.05) is 29.3 Å². The fourth-order valence-corrected chi connectivity index (χ4v) is 4.37. The van der Waals surface area contributed by atoms with E-state index < -0.39 is 29.7 Å². The second-order valence-electron chi connectivity index (χ2n) is 8.01. The highest BCUT2D eigenvalue weighted by atomic mass is 35.5. The molecule has 5 rings (SSSR count). The number of nitrogens with one attached hydrogen (secondary N) is 2. The van der Waals surface area contributed by atoms with E-state index in [0.717, 1.165) is 10.9 Å². The number of alkyl halides is 2. The van der Waals surface area contributed by atoms with Crippen LogP contribution in [0.4, 0.5) is 17.6 Å². The maximum absolute atomic E-state index is 14.8. The average molecular weight is 536 g/mol. The van der Waals surface area contributed by atoms with Gasteiger partial charge in [-0.3, -0.25) is 14.5 Å². The van der Waals surface area contributed by atoms with Gasteiger partial charge in [0.2, 0.25) is 0 Å². The van der Waals surface area contributed by atoms with Crippen molar-refractivity contribution in [1.82, 2.24) is 25.1 Å². The van der Waals surface area contributed by atoms with Crippen LogP contribution in [0, 0.1) is 11.6 Å². The van der Waals surface area contributed by atoms with Gasteiger partial charge >= 0.3 is 0 Å². The minimum atomic E-state index is -3.05. The Balaban J connectivity index is 1.39. The molecule has 0 saturated carbocycles. The number of halogens is 6. The molecule has 1 amide bonds. The molecule has 0 spiro atoms. The number of amides is 1. The Kier molecular flexibility index (Phi) is 6.31. The molecule has 0 aliphatic rings. The van der Waals surface area contributed by atoms with Crippen molar-refractivity contribution in [1.29, 1.82) is 0 Å². The van der Waals surface area contributed by atoms with Gasteiger partial charge in [0.05, 0.1) is 27.5 Å². The van der Waals surface area contributed by atoms with Gasteiger partial charge in [-0.2, -0.15) is 5.10 Å². The summed E-state index contributed by atoms with van der Waals surface area (Å²) in [5, 5.41) is 7.35.